The summed E-state index contributed by atoms with van der Waals surface area (Å²) in [5, 5.41) is 3.53. The van der Waals surface area contributed by atoms with Gasteiger partial charge in [0.25, 0.3) is 0 Å². The van der Waals surface area contributed by atoms with E-state index < -0.39 is 0 Å². The van der Waals surface area contributed by atoms with Crippen LogP contribution < -0.4 is 0 Å². The molecule has 4 heteroatoms. The van der Waals surface area contributed by atoms with E-state index in [-0.39, 0.29) is 6.10 Å². The van der Waals surface area contributed by atoms with Gasteiger partial charge in [-0.05, 0) is 29.7 Å². The minimum atomic E-state index is 0.186. The van der Waals surface area contributed by atoms with Crippen molar-refractivity contribution in [3.8, 4) is 0 Å². The highest BCUT2D eigenvalue weighted by Crippen LogP contribution is 2.58. The second-order valence-electron chi connectivity index (χ2n) is 4.02. The number of hydrogen-bond donors (Lipinski definition) is 0. The molecule has 0 radical (unpaired) electrons. The Balaban J connectivity index is 1.87. The molecule has 0 N–H and O–H groups in total. The van der Waals surface area contributed by atoms with E-state index in [2.05, 4.69) is 16.9 Å². The molecule has 1 saturated heterocycles. The molecule has 2 rings (SSSR count). The van der Waals surface area contributed by atoms with Crippen LogP contribution in [0.4, 0.5) is 0 Å². The van der Waals surface area contributed by atoms with Crippen LogP contribution in [-0.4, -0.2) is 19.3 Å². The zero-order chi connectivity index (χ0) is 8.60. The van der Waals surface area contributed by atoms with Crippen LogP contribution in [0.5, 0.6) is 0 Å². The summed E-state index contributed by atoms with van der Waals surface area (Å²) in [6.07, 6.45) is 2.57. The van der Waals surface area contributed by atoms with Crippen LogP contribution in [0, 0.1) is 11.3 Å². The molecule has 66 valence electrons. The predicted octanol–water partition coefficient (Wildman–Crippen LogP) is 2.11. The van der Waals surface area contributed by atoms with Gasteiger partial charge in [0.2, 0.25) is 0 Å². The minimum absolute atomic E-state index is 0.186. The monoisotopic (exact) mass is 167 g/mol. The molecule has 1 spiro atoms. The Labute approximate surface area is 71.5 Å². The van der Waals surface area contributed by atoms with Crippen LogP contribution >= 0.6 is 0 Å². The van der Waals surface area contributed by atoms with Crippen molar-refractivity contribution in [1.29, 1.82) is 0 Å². The molecule has 1 heterocycles. The summed E-state index contributed by atoms with van der Waals surface area (Å²) in [6, 6.07) is 0. The molecular weight excluding hydrogens is 154 g/mol. The smallest absolute Gasteiger partial charge is 0.0637 e. The molecule has 1 aliphatic carbocycles. The van der Waals surface area contributed by atoms with Gasteiger partial charge in [0.1, 0.15) is 0 Å². The Morgan fingerprint density at radius 3 is 2.92 bits per heavy atom. The van der Waals surface area contributed by atoms with Crippen molar-refractivity contribution in [3.05, 3.63) is 10.4 Å². The zero-order valence-electron chi connectivity index (χ0n) is 7.23. The van der Waals surface area contributed by atoms with E-state index in [9.17, 15) is 0 Å². The summed E-state index contributed by atoms with van der Waals surface area (Å²) in [5.41, 5.74) is 8.59. The molecule has 12 heavy (non-hydrogen) atoms. The predicted molar refractivity (Wildman–Crippen MR) is 44.6 cm³/mol. The molecule has 2 fully saturated rings. The van der Waals surface area contributed by atoms with Gasteiger partial charge in [-0.15, -0.1) is 0 Å². The van der Waals surface area contributed by atoms with Gasteiger partial charge in [-0.1, -0.05) is 12.0 Å². The standard InChI is InChI=1S/C8H13N3O/c1-6-2-8(6)3-7(12-5-8)4-10-11-9/h6-7H,2-5H2,1H3/t6-,7+,8+/m1/s1. The lowest BCUT2D eigenvalue weighted by molar-refractivity contribution is 0.110. The minimum Gasteiger partial charge on any atom is -0.377 e. The molecule has 1 saturated carbocycles. The van der Waals surface area contributed by atoms with Gasteiger partial charge in [-0.25, -0.2) is 0 Å². The highest BCUT2D eigenvalue weighted by molar-refractivity contribution is 5.04. The van der Waals surface area contributed by atoms with E-state index in [1.807, 2.05) is 0 Å². The van der Waals surface area contributed by atoms with E-state index >= 15 is 0 Å². The summed E-state index contributed by atoms with van der Waals surface area (Å²) in [6.45, 7) is 3.64. The molecule has 0 bridgehead atoms. The molecule has 3 atom stereocenters. The number of nitrogens with zero attached hydrogens (tertiary/aromatic N) is 3. The summed E-state index contributed by atoms with van der Waals surface area (Å²) in [5.74, 6) is 0.813. The van der Waals surface area contributed by atoms with Crippen molar-refractivity contribution >= 4 is 0 Å². The van der Waals surface area contributed by atoms with Crippen molar-refractivity contribution in [2.75, 3.05) is 13.2 Å². The van der Waals surface area contributed by atoms with Crippen LogP contribution in [0.3, 0.4) is 0 Å². The molecule has 1 aliphatic heterocycles. The van der Waals surface area contributed by atoms with Gasteiger partial charge in [0.05, 0.1) is 19.3 Å². The molecule has 0 aromatic rings. The van der Waals surface area contributed by atoms with Crippen LogP contribution in [0.1, 0.15) is 19.8 Å². The fraction of sp³-hybridized carbons (Fsp3) is 1.00. The fourth-order valence-electron chi connectivity index (χ4n) is 2.14. The Hall–Kier alpha value is -0.730. The van der Waals surface area contributed by atoms with Crippen molar-refractivity contribution in [3.63, 3.8) is 0 Å². The third kappa shape index (κ3) is 1.17. The fourth-order valence-corrected chi connectivity index (χ4v) is 2.14. The third-order valence-corrected chi connectivity index (χ3v) is 3.19. The first-order valence-electron chi connectivity index (χ1n) is 4.39. The SMILES string of the molecule is C[C@@H]1C[C@]12CO[C@H](CN=[N+]=[N-])C2. The van der Waals surface area contributed by atoms with E-state index in [0.29, 0.717) is 12.0 Å². The van der Waals surface area contributed by atoms with E-state index in [4.69, 9.17) is 10.3 Å². The van der Waals surface area contributed by atoms with Crippen LogP contribution in [0.25, 0.3) is 10.4 Å². The highest BCUT2D eigenvalue weighted by atomic mass is 16.5. The topological polar surface area (TPSA) is 58.0 Å². The first kappa shape index (κ1) is 7.90. The number of rotatable bonds is 2. The first-order chi connectivity index (χ1) is 5.77. The van der Waals surface area contributed by atoms with Crippen molar-refractivity contribution in [1.82, 2.24) is 0 Å². The second-order valence-corrected chi connectivity index (χ2v) is 4.02. The number of azide groups is 1. The average Bonchev–Trinajstić information content (AvgIpc) is 2.50. The third-order valence-electron chi connectivity index (χ3n) is 3.19. The van der Waals surface area contributed by atoms with E-state index in [1.54, 1.807) is 0 Å². The van der Waals surface area contributed by atoms with Gasteiger partial charge in [0, 0.05) is 4.91 Å². The van der Waals surface area contributed by atoms with Crippen molar-refractivity contribution < 1.29 is 4.74 Å². The second kappa shape index (κ2) is 2.64. The lowest BCUT2D eigenvalue weighted by atomic mass is 10.0. The van der Waals surface area contributed by atoms with Crippen molar-refractivity contribution in [2.24, 2.45) is 16.4 Å². The molecule has 0 amide bonds. The Kier molecular flexibility index (Phi) is 1.74. The normalized spacial score (nSPS) is 44.4. The molecule has 0 aromatic heterocycles. The summed E-state index contributed by atoms with van der Waals surface area (Å²) in [7, 11) is 0. The van der Waals surface area contributed by atoms with Crippen molar-refractivity contribution in [2.45, 2.75) is 25.9 Å². The van der Waals surface area contributed by atoms with Gasteiger partial charge >= 0.3 is 0 Å². The quantitative estimate of drug-likeness (QED) is 0.353. The van der Waals surface area contributed by atoms with Gasteiger partial charge in [-0.2, -0.15) is 0 Å². The molecule has 0 unspecified atom stereocenters. The first-order valence-corrected chi connectivity index (χ1v) is 4.39. The van der Waals surface area contributed by atoms with Gasteiger partial charge in [-0.3, -0.25) is 0 Å². The van der Waals surface area contributed by atoms with E-state index in [0.717, 1.165) is 18.9 Å². The molecule has 4 nitrogen and oxygen atoms in total. The zero-order valence-corrected chi connectivity index (χ0v) is 7.23. The van der Waals surface area contributed by atoms with E-state index in [1.165, 1.54) is 6.42 Å². The Bertz CT molecular complexity index is 236. The number of hydrogen-bond acceptors (Lipinski definition) is 2. The Morgan fingerprint density at radius 2 is 2.42 bits per heavy atom. The largest absolute Gasteiger partial charge is 0.377 e. The van der Waals surface area contributed by atoms with Gasteiger partial charge < -0.3 is 4.74 Å². The summed E-state index contributed by atoms with van der Waals surface area (Å²) in [4.78, 5) is 2.73. The summed E-state index contributed by atoms with van der Waals surface area (Å²) >= 11 is 0. The molecule has 2 aliphatic rings. The van der Waals surface area contributed by atoms with Crippen LogP contribution in [-0.2, 0) is 4.74 Å². The number of ether oxygens (including phenoxy) is 1. The maximum absolute atomic E-state index is 8.13. The molecular formula is C8H13N3O. The van der Waals surface area contributed by atoms with Crippen LogP contribution in [0.15, 0.2) is 5.11 Å². The Morgan fingerprint density at radius 1 is 1.67 bits per heavy atom. The maximum atomic E-state index is 8.13. The van der Waals surface area contributed by atoms with Gasteiger partial charge in [0.15, 0.2) is 0 Å². The molecule has 0 aromatic carbocycles. The average molecular weight is 167 g/mol. The maximum Gasteiger partial charge on any atom is 0.0637 e. The van der Waals surface area contributed by atoms with Crippen LogP contribution in [0.2, 0.25) is 0 Å². The highest BCUT2D eigenvalue weighted by Gasteiger charge is 2.55. The lowest BCUT2D eigenvalue weighted by Crippen LogP contribution is -2.08. The summed E-state index contributed by atoms with van der Waals surface area (Å²) < 4.78 is 5.54. The lowest BCUT2D eigenvalue weighted by Gasteiger charge is -2.03.